The number of allylic oxidation sites excluding steroid dienone is 1. The van der Waals surface area contributed by atoms with Crippen molar-refractivity contribution in [3.05, 3.63) is 97.4 Å². The first-order valence-electron chi connectivity index (χ1n) is 8.47. The lowest BCUT2D eigenvalue weighted by Gasteiger charge is -2.05. The van der Waals surface area contributed by atoms with Crippen LogP contribution in [0.4, 0.5) is 5.69 Å². The molecule has 0 atom stereocenters. The highest BCUT2D eigenvalue weighted by atomic mass is 35.5. The Balaban J connectivity index is 1.61. The fourth-order valence-corrected chi connectivity index (χ4v) is 2.84. The van der Waals surface area contributed by atoms with Crippen LogP contribution in [-0.4, -0.2) is 10.7 Å². The van der Waals surface area contributed by atoms with Gasteiger partial charge in [0.25, 0.3) is 5.69 Å². The van der Waals surface area contributed by atoms with E-state index in [2.05, 4.69) is 0 Å². The Labute approximate surface area is 176 Å². The molecule has 0 bridgehead atoms. The predicted molar refractivity (Wildman–Crippen MR) is 111 cm³/mol. The van der Waals surface area contributed by atoms with Gasteiger partial charge < -0.3 is 9.15 Å². The summed E-state index contributed by atoms with van der Waals surface area (Å²) in [5, 5.41) is 11.5. The minimum atomic E-state index is -0.441. The van der Waals surface area contributed by atoms with Crippen LogP contribution in [-0.2, 0) is 6.61 Å². The lowest BCUT2D eigenvalue weighted by Crippen LogP contribution is -1.96. The Hall–Kier alpha value is -3.09. The molecule has 0 aliphatic rings. The highest BCUT2D eigenvalue weighted by Gasteiger charge is 2.11. The van der Waals surface area contributed by atoms with E-state index in [1.165, 1.54) is 24.3 Å². The molecule has 1 heterocycles. The number of nitro groups is 1. The summed E-state index contributed by atoms with van der Waals surface area (Å²) < 4.78 is 11.2. The summed E-state index contributed by atoms with van der Waals surface area (Å²) in [5.41, 5.74) is 0.963. The first kappa shape index (κ1) is 20.6. The van der Waals surface area contributed by atoms with E-state index in [1.54, 1.807) is 43.3 Å². The summed E-state index contributed by atoms with van der Waals surface area (Å²) >= 11 is 11.8. The number of halogens is 2. The lowest BCUT2D eigenvalue weighted by atomic mass is 10.1. The number of benzene rings is 2. The van der Waals surface area contributed by atoms with Crippen molar-refractivity contribution >= 4 is 40.7 Å². The summed E-state index contributed by atoms with van der Waals surface area (Å²) in [4.78, 5) is 22.6. The monoisotopic (exact) mass is 431 g/mol. The molecule has 0 amide bonds. The van der Waals surface area contributed by atoms with Gasteiger partial charge in [0.2, 0.25) is 0 Å². The minimum absolute atomic E-state index is 0.0365. The minimum Gasteiger partial charge on any atom is -0.486 e. The topological polar surface area (TPSA) is 82.6 Å². The summed E-state index contributed by atoms with van der Waals surface area (Å²) in [5.74, 6) is 1.29. The van der Waals surface area contributed by atoms with E-state index in [1.807, 2.05) is 0 Å². The van der Waals surface area contributed by atoms with Crippen LogP contribution in [0.2, 0.25) is 10.0 Å². The number of carbonyl (C=O) groups excluding carboxylic acids is 1. The van der Waals surface area contributed by atoms with Gasteiger partial charge in [-0.15, -0.1) is 0 Å². The van der Waals surface area contributed by atoms with Crippen molar-refractivity contribution in [2.45, 2.75) is 13.5 Å². The van der Waals surface area contributed by atoms with E-state index in [0.29, 0.717) is 38.4 Å². The zero-order valence-electron chi connectivity index (χ0n) is 15.2. The maximum Gasteiger partial charge on any atom is 0.272 e. The van der Waals surface area contributed by atoms with Gasteiger partial charge in [0.15, 0.2) is 5.78 Å². The molecule has 1 aromatic heterocycles. The van der Waals surface area contributed by atoms with Gasteiger partial charge >= 0.3 is 0 Å². The molecule has 2 aromatic carbocycles. The standard InChI is InChI=1S/C21H15Cl2NO5/c1-13-10-16(5-8-20(13)24(26)27)28-12-17-4-3-15(29-17)6-9-21(25)14-2-7-18(22)19(23)11-14/h2-11H,12H2,1H3/b9-6+. The number of nitro benzene ring substituents is 1. The normalized spacial score (nSPS) is 11.0. The predicted octanol–water partition coefficient (Wildman–Crippen LogP) is 6.28. The van der Waals surface area contributed by atoms with Crippen LogP contribution in [0.5, 0.6) is 5.75 Å². The van der Waals surface area contributed by atoms with Gasteiger partial charge in [-0.3, -0.25) is 14.9 Å². The Morgan fingerprint density at radius 3 is 2.62 bits per heavy atom. The van der Waals surface area contributed by atoms with E-state index in [0.717, 1.165) is 0 Å². The van der Waals surface area contributed by atoms with Crippen LogP contribution in [0.25, 0.3) is 6.08 Å². The van der Waals surface area contributed by atoms with Gasteiger partial charge in [-0.1, -0.05) is 23.2 Å². The second-order valence-electron chi connectivity index (χ2n) is 6.12. The second-order valence-corrected chi connectivity index (χ2v) is 6.94. The fraction of sp³-hybridized carbons (Fsp3) is 0.0952. The molecule has 3 rings (SSSR count). The molecule has 0 saturated heterocycles. The molecule has 0 spiro atoms. The molecule has 0 unspecified atom stereocenters. The highest BCUT2D eigenvalue weighted by molar-refractivity contribution is 6.42. The SMILES string of the molecule is Cc1cc(OCc2ccc(/C=C/C(=O)c3ccc(Cl)c(Cl)c3)o2)ccc1[N+](=O)[O-]. The van der Waals surface area contributed by atoms with E-state index >= 15 is 0 Å². The quantitative estimate of drug-likeness (QED) is 0.190. The number of hydrogen-bond donors (Lipinski definition) is 0. The van der Waals surface area contributed by atoms with Crippen molar-refractivity contribution < 1.29 is 18.9 Å². The molecule has 29 heavy (non-hydrogen) atoms. The third kappa shape index (κ3) is 5.25. The summed E-state index contributed by atoms with van der Waals surface area (Å²) in [7, 11) is 0. The van der Waals surface area contributed by atoms with E-state index in [9.17, 15) is 14.9 Å². The molecule has 0 N–H and O–H groups in total. The van der Waals surface area contributed by atoms with Crippen molar-refractivity contribution in [1.82, 2.24) is 0 Å². The third-order valence-electron chi connectivity index (χ3n) is 4.03. The number of rotatable bonds is 7. The van der Waals surface area contributed by atoms with Crippen molar-refractivity contribution in [2.24, 2.45) is 0 Å². The van der Waals surface area contributed by atoms with E-state index < -0.39 is 4.92 Å². The van der Waals surface area contributed by atoms with Gasteiger partial charge in [-0.2, -0.15) is 0 Å². The number of carbonyl (C=O) groups is 1. The van der Waals surface area contributed by atoms with Gasteiger partial charge in [0, 0.05) is 17.2 Å². The van der Waals surface area contributed by atoms with E-state index in [4.69, 9.17) is 32.4 Å². The molecule has 0 radical (unpaired) electrons. The van der Waals surface area contributed by atoms with Gasteiger partial charge in [-0.25, -0.2) is 0 Å². The van der Waals surface area contributed by atoms with Crippen LogP contribution in [0, 0.1) is 17.0 Å². The van der Waals surface area contributed by atoms with Crippen LogP contribution < -0.4 is 4.74 Å². The molecule has 8 heteroatoms. The fourth-order valence-electron chi connectivity index (χ4n) is 2.54. The van der Waals surface area contributed by atoms with Crippen molar-refractivity contribution in [3.8, 4) is 5.75 Å². The first-order chi connectivity index (χ1) is 13.8. The number of furan rings is 1. The van der Waals surface area contributed by atoms with Crippen LogP contribution in [0.3, 0.4) is 0 Å². The van der Waals surface area contributed by atoms with Crippen molar-refractivity contribution in [2.75, 3.05) is 0 Å². The molecule has 6 nitrogen and oxygen atoms in total. The first-order valence-corrected chi connectivity index (χ1v) is 9.23. The molecule has 0 fully saturated rings. The molecule has 0 aliphatic carbocycles. The van der Waals surface area contributed by atoms with Gasteiger partial charge in [0.1, 0.15) is 23.9 Å². The number of ketones is 1. The Morgan fingerprint density at radius 2 is 1.93 bits per heavy atom. The van der Waals surface area contributed by atoms with E-state index in [-0.39, 0.29) is 18.1 Å². The third-order valence-corrected chi connectivity index (χ3v) is 4.77. The zero-order chi connectivity index (χ0) is 21.0. The number of hydrogen-bond acceptors (Lipinski definition) is 5. The summed E-state index contributed by atoms with van der Waals surface area (Å²) in [6, 6.07) is 12.6. The van der Waals surface area contributed by atoms with Crippen molar-refractivity contribution in [3.63, 3.8) is 0 Å². The highest BCUT2D eigenvalue weighted by Crippen LogP contribution is 2.25. The molecule has 148 valence electrons. The summed E-state index contributed by atoms with van der Waals surface area (Å²) in [6.07, 6.45) is 2.92. The van der Waals surface area contributed by atoms with Gasteiger partial charge in [-0.05, 0) is 61.5 Å². The lowest BCUT2D eigenvalue weighted by molar-refractivity contribution is -0.385. The maximum atomic E-state index is 12.2. The molecular weight excluding hydrogens is 417 g/mol. The Kier molecular flexibility index (Phi) is 6.36. The van der Waals surface area contributed by atoms with Crippen molar-refractivity contribution in [1.29, 1.82) is 0 Å². The number of ether oxygens (including phenoxy) is 1. The van der Waals surface area contributed by atoms with Crippen LogP contribution in [0.1, 0.15) is 27.4 Å². The average molecular weight is 432 g/mol. The smallest absolute Gasteiger partial charge is 0.272 e. The second kappa shape index (κ2) is 8.94. The Bertz CT molecular complexity index is 1100. The van der Waals surface area contributed by atoms with Crippen LogP contribution in [0.15, 0.2) is 59.0 Å². The zero-order valence-corrected chi connectivity index (χ0v) is 16.7. The summed E-state index contributed by atoms with van der Waals surface area (Å²) in [6.45, 7) is 1.79. The molecular formula is C21H15Cl2NO5. The Morgan fingerprint density at radius 1 is 1.14 bits per heavy atom. The molecule has 0 aliphatic heterocycles. The maximum absolute atomic E-state index is 12.2. The molecule has 3 aromatic rings. The molecule has 0 saturated carbocycles. The van der Waals surface area contributed by atoms with Crippen LogP contribution >= 0.6 is 23.2 Å². The number of nitrogens with zero attached hydrogens (tertiary/aromatic N) is 1. The largest absolute Gasteiger partial charge is 0.486 e. The van der Waals surface area contributed by atoms with Gasteiger partial charge in [0.05, 0.1) is 15.0 Å². The average Bonchev–Trinajstić information content (AvgIpc) is 3.14. The number of aryl methyl sites for hydroxylation is 1.